The predicted octanol–water partition coefficient (Wildman–Crippen LogP) is 3.13. The second-order valence-electron chi connectivity index (χ2n) is 5.61. The van der Waals surface area contributed by atoms with Crippen LogP contribution in [0.25, 0.3) is 0 Å². The maximum Gasteiger partial charge on any atom is 0.222 e. The maximum absolute atomic E-state index is 11.6. The molecule has 0 saturated carbocycles. The molecule has 24 heavy (non-hydrogen) atoms. The monoisotopic (exact) mass is 323 g/mol. The first kappa shape index (κ1) is 16.1. The molecule has 0 spiro atoms. The van der Waals surface area contributed by atoms with E-state index in [1.54, 1.807) is 6.21 Å². The van der Waals surface area contributed by atoms with Crippen LogP contribution in [0.4, 0.5) is 5.69 Å². The molecule has 0 aromatic heterocycles. The van der Waals surface area contributed by atoms with Crippen molar-refractivity contribution in [3.8, 4) is 5.75 Å². The molecule has 0 radical (unpaired) electrons. The van der Waals surface area contributed by atoms with E-state index in [2.05, 4.69) is 10.5 Å². The van der Waals surface area contributed by atoms with Crippen LogP contribution in [-0.4, -0.2) is 36.7 Å². The molecular weight excluding hydrogens is 302 g/mol. The molecule has 0 bridgehead atoms. The summed E-state index contributed by atoms with van der Waals surface area (Å²) in [5.74, 6) is 0.989. The SMILES string of the molecule is O=C1CCCN1CCOc1ccccc1C=NNc1ccccc1. The van der Waals surface area contributed by atoms with Gasteiger partial charge in [0.25, 0.3) is 0 Å². The molecule has 5 nitrogen and oxygen atoms in total. The average Bonchev–Trinajstić information content (AvgIpc) is 3.02. The Morgan fingerprint density at radius 3 is 2.71 bits per heavy atom. The number of nitrogens with one attached hydrogen (secondary N) is 1. The van der Waals surface area contributed by atoms with E-state index < -0.39 is 0 Å². The first-order valence-electron chi connectivity index (χ1n) is 8.17. The van der Waals surface area contributed by atoms with Crippen LogP contribution in [-0.2, 0) is 4.79 Å². The fraction of sp³-hybridized carbons (Fsp3) is 0.263. The highest BCUT2D eigenvalue weighted by molar-refractivity contribution is 5.84. The van der Waals surface area contributed by atoms with Gasteiger partial charge in [-0.3, -0.25) is 10.2 Å². The number of carbonyl (C=O) groups is 1. The molecule has 0 aliphatic carbocycles. The van der Waals surface area contributed by atoms with Crippen LogP contribution in [0, 0.1) is 0 Å². The smallest absolute Gasteiger partial charge is 0.222 e. The predicted molar refractivity (Wildman–Crippen MR) is 95.4 cm³/mol. The van der Waals surface area contributed by atoms with Crippen LogP contribution in [0.15, 0.2) is 59.7 Å². The summed E-state index contributed by atoms with van der Waals surface area (Å²) in [6.45, 7) is 1.96. The third-order valence-electron chi connectivity index (χ3n) is 3.88. The van der Waals surface area contributed by atoms with Crippen molar-refractivity contribution in [1.82, 2.24) is 4.90 Å². The van der Waals surface area contributed by atoms with Crippen molar-refractivity contribution in [3.05, 3.63) is 60.2 Å². The van der Waals surface area contributed by atoms with Gasteiger partial charge >= 0.3 is 0 Å². The van der Waals surface area contributed by atoms with Crippen LogP contribution in [0.3, 0.4) is 0 Å². The Balaban J connectivity index is 1.55. The lowest BCUT2D eigenvalue weighted by molar-refractivity contribution is -0.128. The third kappa shape index (κ3) is 4.35. The Morgan fingerprint density at radius 2 is 1.92 bits per heavy atom. The number of ether oxygens (including phenoxy) is 1. The number of carbonyl (C=O) groups excluding carboxylic acids is 1. The van der Waals surface area contributed by atoms with Crippen molar-refractivity contribution in [3.63, 3.8) is 0 Å². The van der Waals surface area contributed by atoms with Crippen LogP contribution in [0.1, 0.15) is 18.4 Å². The topological polar surface area (TPSA) is 53.9 Å². The van der Waals surface area contributed by atoms with Gasteiger partial charge in [-0.1, -0.05) is 30.3 Å². The van der Waals surface area contributed by atoms with Crippen molar-refractivity contribution in [2.45, 2.75) is 12.8 Å². The lowest BCUT2D eigenvalue weighted by Crippen LogP contribution is -2.29. The summed E-state index contributed by atoms with van der Waals surface area (Å²) in [7, 11) is 0. The van der Waals surface area contributed by atoms with Gasteiger partial charge < -0.3 is 9.64 Å². The summed E-state index contributed by atoms with van der Waals surface area (Å²) >= 11 is 0. The fourth-order valence-electron chi connectivity index (χ4n) is 2.61. The average molecular weight is 323 g/mol. The minimum Gasteiger partial charge on any atom is -0.491 e. The van der Waals surface area contributed by atoms with Crippen LogP contribution in [0.5, 0.6) is 5.75 Å². The molecule has 1 N–H and O–H groups in total. The summed E-state index contributed by atoms with van der Waals surface area (Å²) in [5, 5.41) is 4.25. The molecule has 2 aromatic rings. The zero-order valence-corrected chi connectivity index (χ0v) is 13.5. The molecule has 1 saturated heterocycles. The van der Waals surface area contributed by atoms with E-state index in [0.717, 1.165) is 30.0 Å². The molecule has 1 fully saturated rings. The van der Waals surface area contributed by atoms with Gasteiger partial charge in [0.05, 0.1) is 18.4 Å². The molecule has 0 atom stereocenters. The molecule has 0 unspecified atom stereocenters. The van der Waals surface area contributed by atoms with Crippen LogP contribution in [0.2, 0.25) is 0 Å². The van der Waals surface area contributed by atoms with Crippen molar-refractivity contribution in [1.29, 1.82) is 0 Å². The number of para-hydroxylation sites is 2. The van der Waals surface area contributed by atoms with E-state index in [9.17, 15) is 4.79 Å². The molecule has 1 amide bonds. The number of benzene rings is 2. The van der Waals surface area contributed by atoms with Crippen molar-refractivity contribution < 1.29 is 9.53 Å². The van der Waals surface area contributed by atoms with E-state index in [1.165, 1.54) is 0 Å². The highest BCUT2D eigenvalue weighted by atomic mass is 16.5. The summed E-state index contributed by atoms with van der Waals surface area (Å²) in [4.78, 5) is 13.5. The molecule has 1 aliphatic rings. The number of hydrogen-bond donors (Lipinski definition) is 1. The Labute approximate surface area is 141 Å². The largest absolute Gasteiger partial charge is 0.491 e. The number of hydrogen-bond acceptors (Lipinski definition) is 4. The van der Waals surface area contributed by atoms with Gasteiger partial charge in [0.15, 0.2) is 0 Å². The summed E-state index contributed by atoms with van der Waals surface area (Å²) in [6.07, 6.45) is 3.35. The highest BCUT2D eigenvalue weighted by Gasteiger charge is 2.19. The molecule has 1 heterocycles. The van der Waals surface area contributed by atoms with Crippen molar-refractivity contribution >= 4 is 17.8 Å². The molecule has 3 rings (SSSR count). The molecule has 5 heteroatoms. The van der Waals surface area contributed by atoms with Crippen LogP contribution < -0.4 is 10.2 Å². The second-order valence-corrected chi connectivity index (χ2v) is 5.61. The lowest BCUT2D eigenvalue weighted by Gasteiger charge is -2.16. The maximum atomic E-state index is 11.6. The Morgan fingerprint density at radius 1 is 1.12 bits per heavy atom. The number of rotatable bonds is 7. The number of anilines is 1. The second kappa shape index (κ2) is 8.15. The first-order chi connectivity index (χ1) is 11.8. The van der Waals surface area contributed by atoms with Crippen molar-refractivity contribution in [2.24, 2.45) is 5.10 Å². The minimum absolute atomic E-state index is 0.223. The standard InChI is InChI=1S/C19H21N3O2/c23-19-11-6-12-22(19)13-14-24-18-10-5-4-7-16(18)15-20-21-17-8-2-1-3-9-17/h1-5,7-10,15,21H,6,11-14H2. The van der Waals surface area contributed by atoms with Gasteiger partial charge in [-0.2, -0.15) is 5.10 Å². The molecule has 2 aromatic carbocycles. The summed E-state index contributed by atoms with van der Waals surface area (Å²) in [5.41, 5.74) is 4.82. The molecule has 1 aliphatic heterocycles. The first-order valence-corrected chi connectivity index (χ1v) is 8.17. The third-order valence-corrected chi connectivity index (χ3v) is 3.88. The van der Waals surface area contributed by atoms with E-state index in [1.807, 2.05) is 59.5 Å². The van der Waals surface area contributed by atoms with E-state index in [-0.39, 0.29) is 5.91 Å². The number of nitrogens with zero attached hydrogens (tertiary/aromatic N) is 2. The summed E-state index contributed by atoms with van der Waals surface area (Å²) in [6, 6.07) is 17.5. The quantitative estimate of drug-likeness (QED) is 0.629. The Bertz CT molecular complexity index is 701. The summed E-state index contributed by atoms with van der Waals surface area (Å²) < 4.78 is 5.84. The van der Waals surface area contributed by atoms with E-state index in [4.69, 9.17) is 4.74 Å². The van der Waals surface area contributed by atoms with Crippen LogP contribution >= 0.6 is 0 Å². The number of amides is 1. The van der Waals surface area contributed by atoms with Gasteiger partial charge in [0.2, 0.25) is 5.91 Å². The zero-order chi connectivity index (χ0) is 16.6. The van der Waals surface area contributed by atoms with E-state index >= 15 is 0 Å². The van der Waals surface area contributed by atoms with Crippen molar-refractivity contribution in [2.75, 3.05) is 25.1 Å². The lowest BCUT2D eigenvalue weighted by atomic mass is 10.2. The van der Waals surface area contributed by atoms with Gasteiger partial charge in [-0.05, 0) is 30.7 Å². The fourth-order valence-corrected chi connectivity index (χ4v) is 2.61. The number of hydrazone groups is 1. The van der Waals surface area contributed by atoms with E-state index in [0.29, 0.717) is 19.6 Å². The highest BCUT2D eigenvalue weighted by Crippen LogP contribution is 2.17. The Kier molecular flexibility index (Phi) is 5.45. The minimum atomic E-state index is 0.223. The van der Waals surface area contributed by atoms with Gasteiger partial charge in [-0.25, -0.2) is 0 Å². The normalized spacial score (nSPS) is 14.3. The molecule has 124 valence electrons. The molecular formula is C19H21N3O2. The van der Waals surface area contributed by atoms with Gasteiger partial charge in [0.1, 0.15) is 12.4 Å². The number of likely N-dealkylation sites (tertiary alicyclic amines) is 1. The Hall–Kier alpha value is -2.82. The zero-order valence-electron chi connectivity index (χ0n) is 13.5. The van der Waals surface area contributed by atoms with Gasteiger partial charge in [-0.15, -0.1) is 0 Å². The van der Waals surface area contributed by atoms with Gasteiger partial charge in [0, 0.05) is 18.5 Å².